The van der Waals surface area contributed by atoms with Crippen LogP contribution in [0.15, 0.2) is 36.7 Å². The van der Waals surface area contributed by atoms with E-state index in [9.17, 15) is 4.79 Å². The van der Waals surface area contributed by atoms with Crippen LogP contribution >= 0.6 is 11.6 Å². The Morgan fingerprint density at radius 1 is 1.16 bits per heavy atom. The topological polar surface area (TPSA) is 65.1 Å². The Morgan fingerprint density at radius 3 is 2.60 bits per heavy atom. The lowest BCUT2D eigenvalue weighted by Gasteiger charge is -2.34. The molecule has 4 rings (SSSR count). The number of benzene rings is 1. The Kier molecular flexibility index (Phi) is 4.05. The fourth-order valence-electron chi connectivity index (χ4n) is 3.25. The van der Waals surface area contributed by atoms with E-state index in [2.05, 4.69) is 19.9 Å². The minimum atomic E-state index is 0.0263. The summed E-state index contributed by atoms with van der Waals surface area (Å²) in [5.41, 5.74) is 2.50. The lowest BCUT2D eigenvalue weighted by Crippen LogP contribution is -2.49. The number of halogens is 1. The first-order valence-electron chi connectivity index (χ1n) is 8.22. The molecule has 2 aromatic heterocycles. The van der Waals surface area contributed by atoms with Gasteiger partial charge >= 0.3 is 0 Å². The monoisotopic (exact) mass is 355 g/mol. The average Bonchev–Trinajstić information content (AvgIpc) is 2.98. The molecule has 0 bridgehead atoms. The SMILES string of the molecule is Cc1c(C(=O)N2CCN(c3ncccn3)CC2)[nH]c2cc(Cl)ccc12. The molecule has 1 aromatic carbocycles. The number of amides is 1. The van der Waals surface area contributed by atoms with E-state index < -0.39 is 0 Å². The van der Waals surface area contributed by atoms with Crippen molar-refractivity contribution in [1.29, 1.82) is 0 Å². The smallest absolute Gasteiger partial charge is 0.270 e. The number of carbonyl (C=O) groups is 1. The summed E-state index contributed by atoms with van der Waals surface area (Å²) in [6.07, 6.45) is 3.47. The van der Waals surface area contributed by atoms with Gasteiger partial charge in [-0.25, -0.2) is 9.97 Å². The maximum absolute atomic E-state index is 12.9. The number of hydrogen-bond donors (Lipinski definition) is 1. The second kappa shape index (κ2) is 6.37. The molecule has 3 aromatic rings. The number of nitrogens with zero attached hydrogens (tertiary/aromatic N) is 4. The lowest BCUT2D eigenvalue weighted by atomic mass is 10.1. The summed E-state index contributed by atoms with van der Waals surface area (Å²) in [5, 5.41) is 1.69. The van der Waals surface area contributed by atoms with Gasteiger partial charge in [0.05, 0.1) is 0 Å². The second-order valence-electron chi connectivity index (χ2n) is 6.14. The second-order valence-corrected chi connectivity index (χ2v) is 6.58. The van der Waals surface area contributed by atoms with Gasteiger partial charge in [0, 0.05) is 54.5 Å². The molecule has 0 aliphatic carbocycles. The first kappa shape index (κ1) is 15.9. The molecule has 0 atom stereocenters. The average molecular weight is 356 g/mol. The molecule has 6 nitrogen and oxygen atoms in total. The van der Waals surface area contributed by atoms with Gasteiger partial charge in [-0.2, -0.15) is 0 Å². The molecule has 1 amide bonds. The highest BCUT2D eigenvalue weighted by molar-refractivity contribution is 6.31. The molecule has 3 heterocycles. The van der Waals surface area contributed by atoms with Gasteiger partial charge in [-0.1, -0.05) is 17.7 Å². The molecule has 25 heavy (non-hydrogen) atoms. The quantitative estimate of drug-likeness (QED) is 0.767. The van der Waals surface area contributed by atoms with Gasteiger partial charge in [-0.05, 0) is 30.7 Å². The van der Waals surface area contributed by atoms with E-state index >= 15 is 0 Å². The van der Waals surface area contributed by atoms with Gasteiger partial charge in [0.15, 0.2) is 0 Å². The van der Waals surface area contributed by atoms with Crippen LogP contribution in [0.25, 0.3) is 10.9 Å². The van der Waals surface area contributed by atoms with E-state index in [0.29, 0.717) is 29.8 Å². The van der Waals surface area contributed by atoms with Crippen LogP contribution in [-0.4, -0.2) is 51.9 Å². The highest BCUT2D eigenvalue weighted by atomic mass is 35.5. The van der Waals surface area contributed by atoms with Crippen LogP contribution in [0.4, 0.5) is 5.95 Å². The Hall–Kier alpha value is -2.60. The molecule has 0 spiro atoms. The van der Waals surface area contributed by atoms with Crippen molar-refractivity contribution in [2.24, 2.45) is 0 Å². The molecule has 1 saturated heterocycles. The Bertz CT molecular complexity index is 916. The van der Waals surface area contributed by atoms with Gasteiger partial charge in [-0.3, -0.25) is 4.79 Å². The van der Waals surface area contributed by atoms with E-state index in [1.807, 2.05) is 30.0 Å². The van der Waals surface area contributed by atoms with Crippen LogP contribution in [0.2, 0.25) is 5.02 Å². The summed E-state index contributed by atoms with van der Waals surface area (Å²) in [7, 11) is 0. The third-order valence-corrected chi connectivity index (χ3v) is 4.87. The number of rotatable bonds is 2. The molecule has 0 unspecified atom stereocenters. The van der Waals surface area contributed by atoms with Crippen molar-refractivity contribution in [3.63, 3.8) is 0 Å². The molecule has 1 aliphatic rings. The van der Waals surface area contributed by atoms with E-state index in [0.717, 1.165) is 29.6 Å². The van der Waals surface area contributed by atoms with Crippen LogP contribution in [0.3, 0.4) is 0 Å². The predicted molar refractivity (Wildman–Crippen MR) is 98.2 cm³/mol. The highest BCUT2D eigenvalue weighted by Gasteiger charge is 2.25. The summed E-state index contributed by atoms with van der Waals surface area (Å²) in [6, 6.07) is 7.45. The third-order valence-electron chi connectivity index (χ3n) is 4.64. The fraction of sp³-hybridized carbons (Fsp3) is 0.278. The van der Waals surface area contributed by atoms with Crippen molar-refractivity contribution in [1.82, 2.24) is 19.9 Å². The molecule has 0 saturated carbocycles. The number of piperazine rings is 1. The Balaban J connectivity index is 1.52. The first-order chi connectivity index (χ1) is 12.1. The van der Waals surface area contributed by atoms with Crippen LogP contribution in [-0.2, 0) is 0 Å². The summed E-state index contributed by atoms with van der Waals surface area (Å²) in [4.78, 5) is 28.7. The van der Waals surface area contributed by atoms with Crippen molar-refractivity contribution in [3.8, 4) is 0 Å². The van der Waals surface area contributed by atoms with E-state index in [-0.39, 0.29) is 5.91 Å². The van der Waals surface area contributed by atoms with Crippen molar-refractivity contribution in [3.05, 3.63) is 52.9 Å². The molecule has 1 aliphatic heterocycles. The number of anilines is 1. The number of aryl methyl sites for hydroxylation is 1. The van der Waals surface area contributed by atoms with E-state index in [1.54, 1.807) is 18.5 Å². The van der Waals surface area contributed by atoms with Gasteiger partial charge in [0.2, 0.25) is 5.95 Å². The molecule has 7 heteroatoms. The maximum atomic E-state index is 12.9. The number of H-pyrrole nitrogens is 1. The van der Waals surface area contributed by atoms with Crippen molar-refractivity contribution < 1.29 is 4.79 Å². The van der Waals surface area contributed by atoms with Crippen molar-refractivity contribution in [2.45, 2.75) is 6.92 Å². The van der Waals surface area contributed by atoms with Crippen LogP contribution < -0.4 is 4.90 Å². The van der Waals surface area contributed by atoms with E-state index in [1.165, 1.54) is 0 Å². The van der Waals surface area contributed by atoms with Crippen molar-refractivity contribution in [2.75, 3.05) is 31.1 Å². The molecular formula is C18H18ClN5O. The summed E-state index contributed by atoms with van der Waals surface area (Å²) in [6.45, 7) is 4.70. The molecular weight excluding hydrogens is 338 g/mol. The number of aromatic nitrogens is 3. The normalized spacial score (nSPS) is 15.0. The zero-order valence-corrected chi connectivity index (χ0v) is 14.6. The maximum Gasteiger partial charge on any atom is 0.270 e. The number of nitrogens with one attached hydrogen (secondary N) is 1. The zero-order chi connectivity index (χ0) is 17.4. The summed E-state index contributed by atoms with van der Waals surface area (Å²) >= 11 is 6.05. The highest BCUT2D eigenvalue weighted by Crippen LogP contribution is 2.26. The fourth-order valence-corrected chi connectivity index (χ4v) is 3.42. The predicted octanol–water partition coefficient (Wildman–Crippen LogP) is 2.88. The third kappa shape index (κ3) is 2.93. The minimum Gasteiger partial charge on any atom is -0.350 e. The van der Waals surface area contributed by atoms with Crippen molar-refractivity contribution >= 4 is 34.4 Å². The van der Waals surface area contributed by atoms with E-state index in [4.69, 9.17) is 11.6 Å². The lowest BCUT2D eigenvalue weighted by molar-refractivity contribution is 0.0740. The van der Waals surface area contributed by atoms with Gasteiger partial charge in [0.25, 0.3) is 5.91 Å². The van der Waals surface area contributed by atoms with Crippen LogP contribution in [0.5, 0.6) is 0 Å². The minimum absolute atomic E-state index is 0.0263. The van der Waals surface area contributed by atoms with Gasteiger partial charge < -0.3 is 14.8 Å². The molecule has 0 radical (unpaired) electrons. The molecule has 1 N–H and O–H groups in total. The van der Waals surface area contributed by atoms with Crippen LogP contribution in [0, 0.1) is 6.92 Å². The van der Waals surface area contributed by atoms with Gasteiger partial charge in [0.1, 0.15) is 5.69 Å². The first-order valence-corrected chi connectivity index (χ1v) is 8.60. The number of fused-ring (bicyclic) bond motifs is 1. The Morgan fingerprint density at radius 2 is 1.88 bits per heavy atom. The summed E-state index contributed by atoms with van der Waals surface area (Å²) < 4.78 is 0. The largest absolute Gasteiger partial charge is 0.350 e. The standard InChI is InChI=1S/C18H18ClN5O/c1-12-14-4-3-13(19)11-15(14)22-16(12)17(25)23-7-9-24(10-8-23)18-20-5-2-6-21-18/h2-6,11,22H,7-10H2,1H3. The van der Waals surface area contributed by atoms with Crippen LogP contribution in [0.1, 0.15) is 16.1 Å². The number of carbonyl (C=O) groups excluding carboxylic acids is 1. The number of hydrogen-bond acceptors (Lipinski definition) is 4. The van der Waals surface area contributed by atoms with Gasteiger partial charge in [-0.15, -0.1) is 0 Å². The Labute approximate surface area is 150 Å². The number of aromatic amines is 1. The molecule has 128 valence electrons. The summed E-state index contributed by atoms with van der Waals surface area (Å²) in [5.74, 6) is 0.740. The zero-order valence-electron chi connectivity index (χ0n) is 13.9. The molecule has 1 fully saturated rings.